The second-order valence-electron chi connectivity index (χ2n) is 10.3. The topological polar surface area (TPSA) is 52.6 Å². The van der Waals surface area contributed by atoms with Gasteiger partial charge in [-0.25, -0.2) is 9.18 Å². The number of hydrogen-bond acceptors (Lipinski definition) is 4. The van der Waals surface area contributed by atoms with Crippen LogP contribution >= 0.6 is 0 Å². The predicted octanol–water partition coefficient (Wildman–Crippen LogP) is 8.62. The van der Waals surface area contributed by atoms with Gasteiger partial charge in [0, 0.05) is 0 Å². The first kappa shape index (κ1) is 31.3. The van der Waals surface area contributed by atoms with E-state index in [0.717, 1.165) is 47.3 Å². The minimum atomic E-state index is -1.97. The van der Waals surface area contributed by atoms with E-state index in [0.29, 0.717) is 17.6 Å². The molecule has 3 rings (SSSR count). The molecular formula is C31H45FO4. The summed E-state index contributed by atoms with van der Waals surface area (Å²) in [5, 5.41) is 0. The molecule has 0 aliphatic heterocycles. The Morgan fingerprint density at radius 1 is 0.889 bits per heavy atom. The summed E-state index contributed by atoms with van der Waals surface area (Å²) in [6, 6.07) is 11.7. The standard InChI is InChI=1S/C15H20O2.C14H19FO2.C2H6/c1-10(2)13-8-7-11(3)9-14(13)17-15(16)12-5-4-6-12;1-9(2)11-7-6-10(3)12(8-11)17-13(16)14(4,5)15;1-2/h7-10,12H,4-6H2,1-3H3;6-9H,1-5H3;1-2H3. The molecule has 2 aromatic rings. The monoisotopic (exact) mass is 500 g/mol. The molecule has 0 radical (unpaired) electrons. The van der Waals surface area contributed by atoms with Crippen molar-refractivity contribution in [3.8, 4) is 11.5 Å². The van der Waals surface area contributed by atoms with Gasteiger partial charge in [-0.1, -0.05) is 72.2 Å². The van der Waals surface area contributed by atoms with Gasteiger partial charge in [-0.3, -0.25) is 4.79 Å². The Kier molecular flexibility index (Phi) is 12.3. The van der Waals surface area contributed by atoms with Gasteiger partial charge in [0.1, 0.15) is 11.5 Å². The Morgan fingerprint density at radius 2 is 1.50 bits per heavy atom. The van der Waals surface area contributed by atoms with E-state index < -0.39 is 11.6 Å². The number of aryl methyl sites for hydroxylation is 2. The lowest BCUT2D eigenvalue weighted by Crippen LogP contribution is -2.31. The molecule has 0 aromatic heterocycles. The molecule has 1 aliphatic carbocycles. The van der Waals surface area contributed by atoms with Crippen molar-refractivity contribution < 1.29 is 23.5 Å². The van der Waals surface area contributed by atoms with Gasteiger partial charge in [-0.2, -0.15) is 0 Å². The third-order valence-corrected chi connectivity index (χ3v) is 6.01. The number of benzene rings is 2. The van der Waals surface area contributed by atoms with Crippen molar-refractivity contribution in [1.29, 1.82) is 0 Å². The maximum absolute atomic E-state index is 13.4. The van der Waals surface area contributed by atoms with Crippen LogP contribution in [0, 0.1) is 19.8 Å². The lowest BCUT2D eigenvalue weighted by atomic mass is 9.85. The first-order valence-corrected chi connectivity index (χ1v) is 13.1. The summed E-state index contributed by atoms with van der Waals surface area (Å²) in [6.45, 7) is 18.6. The second-order valence-corrected chi connectivity index (χ2v) is 10.3. The quantitative estimate of drug-likeness (QED) is 0.294. The van der Waals surface area contributed by atoms with Gasteiger partial charge in [0.05, 0.1) is 5.92 Å². The molecule has 0 spiro atoms. The third kappa shape index (κ3) is 9.40. The Morgan fingerprint density at radius 3 is 1.97 bits per heavy atom. The predicted molar refractivity (Wildman–Crippen MR) is 146 cm³/mol. The molecule has 0 amide bonds. The number of alkyl halides is 1. The molecule has 0 heterocycles. The van der Waals surface area contributed by atoms with E-state index in [1.807, 2.05) is 45.9 Å². The highest BCUT2D eigenvalue weighted by Gasteiger charge is 2.29. The maximum atomic E-state index is 13.4. The van der Waals surface area contributed by atoms with Crippen molar-refractivity contribution in [2.75, 3.05) is 0 Å². The van der Waals surface area contributed by atoms with Gasteiger partial charge in [0.2, 0.25) is 5.67 Å². The van der Waals surface area contributed by atoms with Gasteiger partial charge in [0.15, 0.2) is 0 Å². The SMILES string of the molecule is CC.Cc1ccc(C(C)C)c(OC(=O)C2CCC2)c1.Cc1ccc(C(C)C)cc1OC(=O)C(C)(C)F. The lowest BCUT2D eigenvalue weighted by Gasteiger charge is -2.24. The van der Waals surface area contributed by atoms with E-state index in [1.165, 1.54) is 13.8 Å². The molecule has 0 unspecified atom stereocenters. The number of carbonyl (C=O) groups excluding carboxylic acids is 2. The average molecular weight is 501 g/mol. The Hall–Kier alpha value is -2.69. The zero-order valence-corrected chi connectivity index (χ0v) is 23.8. The second kappa shape index (κ2) is 14.2. The van der Waals surface area contributed by atoms with E-state index >= 15 is 0 Å². The highest BCUT2D eigenvalue weighted by molar-refractivity contribution is 5.81. The fraction of sp³-hybridized carbons (Fsp3) is 0.548. The number of carbonyl (C=O) groups is 2. The highest BCUT2D eigenvalue weighted by atomic mass is 19.1. The van der Waals surface area contributed by atoms with E-state index in [1.54, 1.807) is 6.07 Å². The molecule has 0 N–H and O–H groups in total. The average Bonchev–Trinajstić information content (AvgIpc) is 2.74. The van der Waals surface area contributed by atoms with Crippen LogP contribution in [0.5, 0.6) is 11.5 Å². The van der Waals surface area contributed by atoms with Crippen molar-refractivity contribution in [1.82, 2.24) is 0 Å². The van der Waals surface area contributed by atoms with Crippen LogP contribution in [0.3, 0.4) is 0 Å². The molecule has 1 saturated carbocycles. The van der Waals surface area contributed by atoms with Crippen LogP contribution in [0.15, 0.2) is 36.4 Å². The molecule has 5 heteroatoms. The summed E-state index contributed by atoms with van der Waals surface area (Å²) in [6.07, 6.45) is 3.13. The fourth-order valence-corrected chi connectivity index (χ4v) is 3.35. The molecule has 36 heavy (non-hydrogen) atoms. The van der Waals surface area contributed by atoms with Crippen molar-refractivity contribution in [2.45, 2.75) is 106 Å². The molecule has 200 valence electrons. The van der Waals surface area contributed by atoms with Crippen LogP contribution < -0.4 is 9.47 Å². The molecule has 0 atom stereocenters. The van der Waals surface area contributed by atoms with Crippen molar-refractivity contribution in [2.24, 2.45) is 5.92 Å². The first-order chi connectivity index (χ1) is 16.8. The number of halogens is 1. The summed E-state index contributed by atoms with van der Waals surface area (Å²) in [7, 11) is 0. The van der Waals surface area contributed by atoms with Gasteiger partial charge in [-0.05, 0) is 86.8 Å². The van der Waals surface area contributed by atoms with Crippen molar-refractivity contribution in [3.05, 3.63) is 58.7 Å². The zero-order chi connectivity index (χ0) is 27.6. The van der Waals surface area contributed by atoms with Crippen LogP contribution in [-0.4, -0.2) is 17.6 Å². The van der Waals surface area contributed by atoms with E-state index in [9.17, 15) is 14.0 Å². The third-order valence-electron chi connectivity index (χ3n) is 6.01. The maximum Gasteiger partial charge on any atom is 0.348 e. The van der Waals surface area contributed by atoms with Crippen LogP contribution in [-0.2, 0) is 9.59 Å². The fourth-order valence-electron chi connectivity index (χ4n) is 3.35. The summed E-state index contributed by atoms with van der Waals surface area (Å²) in [5.74, 6) is 1.12. The molecule has 0 saturated heterocycles. The lowest BCUT2D eigenvalue weighted by molar-refractivity contribution is -0.145. The normalized spacial score (nSPS) is 13.1. The van der Waals surface area contributed by atoms with Gasteiger partial charge < -0.3 is 9.47 Å². The Labute approximate surface area is 217 Å². The van der Waals surface area contributed by atoms with Gasteiger partial charge in [-0.15, -0.1) is 0 Å². The number of hydrogen-bond donors (Lipinski definition) is 0. The highest BCUT2D eigenvalue weighted by Crippen LogP contribution is 2.32. The molecule has 2 aromatic carbocycles. The molecule has 1 fully saturated rings. The number of ether oxygens (including phenoxy) is 2. The van der Waals surface area contributed by atoms with Crippen molar-refractivity contribution >= 4 is 11.9 Å². The number of esters is 2. The van der Waals surface area contributed by atoms with E-state index in [-0.39, 0.29) is 11.9 Å². The van der Waals surface area contributed by atoms with E-state index in [4.69, 9.17) is 9.47 Å². The number of rotatable bonds is 6. The molecule has 0 bridgehead atoms. The van der Waals surface area contributed by atoms with Crippen LogP contribution in [0.4, 0.5) is 4.39 Å². The van der Waals surface area contributed by atoms with Gasteiger partial charge >= 0.3 is 11.9 Å². The smallest absolute Gasteiger partial charge is 0.348 e. The van der Waals surface area contributed by atoms with Crippen molar-refractivity contribution in [3.63, 3.8) is 0 Å². The van der Waals surface area contributed by atoms with Crippen LogP contribution in [0.2, 0.25) is 0 Å². The van der Waals surface area contributed by atoms with E-state index in [2.05, 4.69) is 39.8 Å². The molecular weight excluding hydrogens is 455 g/mol. The van der Waals surface area contributed by atoms with Crippen LogP contribution in [0.1, 0.15) is 109 Å². The zero-order valence-electron chi connectivity index (χ0n) is 23.8. The minimum Gasteiger partial charge on any atom is -0.426 e. The molecule has 4 nitrogen and oxygen atoms in total. The Bertz CT molecular complexity index is 998. The summed E-state index contributed by atoms with van der Waals surface area (Å²) < 4.78 is 24.0. The largest absolute Gasteiger partial charge is 0.426 e. The summed E-state index contributed by atoms with van der Waals surface area (Å²) in [5.41, 5.74) is 2.16. The molecule has 1 aliphatic rings. The Balaban J connectivity index is 0.000000337. The van der Waals surface area contributed by atoms with Crippen LogP contribution in [0.25, 0.3) is 0 Å². The first-order valence-electron chi connectivity index (χ1n) is 13.1. The summed E-state index contributed by atoms with van der Waals surface area (Å²) >= 11 is 0. The van der Waals surface area contributed by atoms with Gasteiger partial charge in [0.25, 0.3) is 0 Å². The minimum absolute atomic E-state index is 0.0521. The summed E-state index contributed by atoms with van der Waals surface area (Å²) in [4.78, 5) is 23.3.